The van der Waals surface area contributed by atoms with E-state index in [-0.39, 0.29) is 0 Å². The fourth-order valence-corrected chi connectivity index (χ4v) is 1.79. The Morgan fingerprint density at radius 3 is 2.83 bits per heavy atom. The highest BCUT2D eigenvalue weighted by molar-refractivity contribution is 5.25. The molecule has 0 unspecified atom stereocenters. The molecule has 0 aliphatic carbocycles. The normalized spacial score (nSPS) is 10.6. The van der Waals surface area contributed by atoms with Gasteiger partial charge in [0, 0.05) is 18.3 Å². The number of nitrogens with one attached hydrogen (secondary N) is 1. The summed E-state index contributed by atoms with van der Waals surface area (Å²) in [7, 11) is 0. The zero-order chi connectivity index (χ0) is 13.1. The Bertz CT molecular complexity index is 315. The Hall–Kier alpha value is -1.09. The van der Waals surface area contributed by atoms with Gasteiger partial charge in [-0.05, 0) is 25.5 Å². The molecule has 0 amide bonds. The summed E-state index contributed by atoms with van der Waals surface area (Å²) in [5.41, 5.74) is 1.15. The van der Waals surface area contributed by atoms with Gasteiger partial charge in [0.05, 0.1) is 6.61 Å². The van der Waals surface area contributed by atoms with Gasteiger partial charge in [0.2, 0.25) is 5.88 Å². The van der Waals surface area contributed by atoms with Crippen LogP contribution in [-0.4, -0.2) is 18.1 Å². The molecular weight excluding hydrogens is 224 g/mol. The van der Waals surface area contributed by atoms with Crippen LogP contribution >= 0.6 is 0 Å². The molecule has 0 fully saturated rings. The van der Waals surface area contributed by atoms with E-state index in [0.717, 1.165) is 44.0 Å². The molecule has 0 saturated heterocycles. The number of hydrogen-bond donors (Lipinski definition) is 1. The molecule has 0 bridgehead atoms. The predicted molar refractivity (Wildman–Crippen MR) is 75.9 cm³/mol. The number of nitrogens with zero attached hydrogens (tertiary/aromatic N) is 1. The SMILES string of the molecule is CCCCCCOc1ncccc1CNCCC. The zero-order valence-corrected chi connectivity index (χ0v) is 11.7. The van der Waals surface area contributed by atoms with Crippen molar-refractivity contribution in [2.24, 2.45) is 0 Å². The van der Waals surface area contributed by atoms with E-state index in [2.05, 4.69) is 30.2 Å². The van der Waals surface area contributed by atoms with Crippen LogP contribution in [0.15, 0.2) is 18.3 Å². The van der Waals surface area contributed by atoms with Crippen LogP contribution in [0.2, 0.25) is 0 Å². The first-order valence-corrected chi connectivity index (χ1v) is 7.15. The number of aromatic nitrogens is 1. The molecule has 0 aliphatic heterocycles. The Morgan fingerprint density at radius 2 is 2.06 bits per heavy atom. The molecule has 1 aromatic heterocycles. The van der Waals surface area contributed by atoms with Crippen molar-refractivity contribution in [3.8, 4) is 5.88 Å². The quantitative estimate of drug-likeness (QED) is 0.645. The van der Waals surface area contributed by atoms with Crippen LogP contribution in [0.4, 0.5) is 0 Å². The summed E-state index contributed by atoms with van der Waals surface area (Å²) in [6.07, 6.45) is 7.85. The maximum absolute atomic E-state index is 5.76. The molecule has 0 aromatic carbocycles. The van der Waals surface area contributed by atoms with Gasteiger partial charge in [-0.3, -0.25) is 0 Å². The van der Waals surface area contributed by atoms with Crippen LogP contribution in [0.25, 0.3) is 0 Å². The molecular formula is C15H26N2O. The lowest BCUT2D eigenvalue weighted by Gasteiger charge is -2.10. The summed E-state index contributed by atoms with van der Waals surface area (Å²) in [6.45, 7) is 7.03. The molecule has 0 aliphatic rings. The van der Waals surface area contributed by atoms with Gasteiger partial charge in [-0.15, -0.1) is 0 Å². The molecule has 0 atom stereocenters. The number of ether oxygens (including phenoxy) is 1. The first kappa shape index (κ1) is 15.0. The first-order valence-electron chi connectivity index (χ1n) is 7.15. The third kappa shape index (κ3) is 6.01. The summed E-state index contributed by atoms with van der Waals surface area (Å²) < 4.78 is 5.76. The summed E-state index contributed by atoms with van der Waals surface area (Å²) in [5, 5.41) is 3.38. The number of hydrogen-bond acceptors (Lipinski definition) is 3. The number of rotatable bonds is 10. The van der Waals surface area contributed by atoms with Crippen molar-refractivity contribution in [3.05, 3.63) is 23.9 Å². The summed E-state index contributed by atoms with van der Waals surface area (Å²) in [6, 6.07) is 4.05. The molecule has 1 aromatic rings. The largest absolute Gasteiger partial charge is 0.477 e. The molecule has 102 valence electrons. The fraction of sp³-hybridized carbons (Fsp3) is 0.667. The molecule has 0 radical (unpaired) electrons. The third-order valence-electron chi connectivity index (χ3n) is 2.83. The smallest absolute Gasteiger partial charge is 0.217 e. The average Bonchev–Trinajstić information content (AvgIpc) is 2.40. The lowest BCUT2D eigenvalue weighted by Crippen LogP contribution is -2.15. The van der Waals surface area contributed by atoms with Crippen molar-refractivity contribution in [2.75, 3.05) is 13.2 Å². The van der Waals surface area contributed by atoms with Gasteiger partial charge in [-0.25, -0.2) is 4.98 Å². The second-order valence-electron chi connectivity index (χ2n) is 4.55. The highest BCUT2D eigenvalue weighted by Gasteiger charge is 2.03. The van der Waals surface area contributed by atoms with Crippen LogP contribution in [0.5, 0.6) is 5.88 Å². The summed E-state index contributed by atoms with van der Waals surface area (Å²) in [4.78, 5) is 4.31. The van der Waals surface area contributed by atoms with Crippen molar-refractivity contribution in [2.45, 2.75) is 52.5 Å². The van der Waals surface area contributed by atoms with E-state index in [1.807, 2.05) is 6.07 Å². The Morgan fingerprint density at radius 1 is 1.17 bits per heavy atom. The van der Waals surface area contributed by atoms with Crippen LogP contribution in [0.1, 0.15) is 51.5 Å². The molecule has 0 saturated carbocycles. The Balaban J connectivity index is 2.33. The van der Waals surface area contributed by atoms with Gasteiger partial charge in [-0.2, -0.15) is 0 Å². The van der Waals surface area contributed by atoms with E-state index < -0.39 is 0 Å². The minimum Gasteiger partial charge on any atom is -0.477 e. The van der Waals surface area contributed by atoms with Crippen molar-refractivity contribution in [1.82, 2.24) is 10.3 Å². The Kier molecular flexibility index (Phi) is 8.23. The standard InChI is InChI=1S/C15H26N2O/c1-3-5-6-7-12-18-15-14(9-8-11-17-15)13-16-10-4-2/h8-9,11,16H,3-7,10,12-13H2,1-2H3. The van der Waals surface area contributed by atoms with E-state index in [0.29, 0.717) is 0 Å². The summed E-state index contributed by atoms with van der Waals surface area (Å²) >= 11 is 0. The highest BCUT2D eigenvalue weighted by Crippen LogP contribution is 2.14. The third-order valence-corrected chi connectivity index (χ3v) is 2.83. The number of pyridine rings is 1. The topological polar surface area (TPSA) is 34.1 Å². The molecule has 1 heterocycles. The van der Waals surface area contributed by atoms with E-state index in [1.165, 1.54) is 19.3 Å². The molecule has 1 N–H and O–H groups in total. The minimum absolute atomic E-state index is 0.776. The molecule has 0 spiro atoms. The number of unbranched alkanes of at least 4 members (excludes halogenated alkanes) is 3. The monoisotopic (exact) mass is 250 g/mol. The maximum Gasteiger partial charge on any atom is 0.217 e. The highest BCUT2D eigenvalue weighted by atomic mass is 16.5. The van der Waals surface area contributed by atoms with E-state index >= 15 is 0 Å². The van der Waals surface area contributed by atoms with E-state index in [9.17, 15) is 0 Å². The lowest BCUT2D eigenvalue weighted by atomic mass is 10.2. The molecule has 1 rings (SSSR count). The van der Waals surface area contributed by atoms with E-state index in [4.69, 9.17) is 4.74 Å². The van der Waals surface area contributed by atoms with Crippen molar-refractivity contribution in [3.63, 3.8) is 0 Å². The lowest BCUT2D eigenvalue weighted by molar-refractivity contribution is 0.290. The van der Waals surface area contributed by atoms with Gasteiger partial charge in [-0.1, -0.05) is 39.2 Å². The van der Waals surface area contributed by atoms with Crippen molar-refractivity contribution >= 4 is 0 Å². The zero-order valence-electron chi connectivity index (χ0n) is 11.7. The van der Waals surface area contributed by atoms with Gasteiger partial charge in [0.15, 0.2) is 0 Å². The first-order chi connectivity index (χ1) is 8.88. The van der Waals surface area contributed by atoms with Crippen LogP contribution < -0.4 is 10.1 Å². The van der Waals surface area contributed by atoms with Crippen LogP contribution in [0, 0.1) is 0 Å². The minimum atomic E-state index is 0.776. The molecule has 3 heteroatoms. The second kappa shape index (κ2) is 9.89. The fourth-order valence-electron chi connectivity index (χ4n) is 1.79. The van der Waals surface area contributed by atoms with Crippen LogP contribution in [0.3, 0.4) is 0 Å². The second-order valence-corrected chi connectivity index (χ2v) is 4.55. The van der Waals surface area contributed by atoms with Gasteiger partial charge >= 0.3 is 0 Å². The Labute approximate surface area is 111 Å². The molecule has 3 nitrogen and oxygen atoms in total. The van der Waals surface area contributed by atoms with Crippen molar-refractivity contribution < 1.29 is 4.74 Å². The van der Waals surface area contributed by atoms with Gasteiger partial charge in [0.25, 0.3) is 0 Å². The van der Waals surface area contributed by atoms with Crippen LogP contribution in [-0.2, 0) is 6.54 Å². The van der Waals surface area contributed by atoms with Crippen molar-refractivity contribution in [1.29, 1.82) is 0 Å². The van der Waals surface area contributed by atoms with E-state index in [1.54, 1.807) is 6.20 Å². The molecule has 18 heavy (non-hydrogen) atoms. The maximum atomic E-state index is 5.76. The average molecular weight is 250 g/mol. The van der Waals surface area contributed by atoms with Gasteiger partial charge < -0.3 is 10.1 Å². The summed E-state index contributed by atoms with van der Waals surface area (Å²) in [5.74, 6) is 0.789. The predicted octanol–water partition coefficient (Wildman–Crippen LogP) is 3.54. The van der Waals surface area contributed by atoms with Gasteiger partial charge in [0.1, 0.15) is 0 Å².